The molecule has 3 aliphatic rings. The summed E-state index contributed by atoms with van der Waals surface area (Å²) in [5, 5.41) is 0.470. The van der Waals surface area contributed by atoms with Crippen LogP contribution >= 0.6 is 11.6 Å². The second-order valence-corrected chi connectivity index (χ2v) is 11.3. The second-order valence-electron chi connectivity index (χ2n) is 10.9. The lowest BCUT2D eigenvalue weighted by molar-refractivity contribution is 0.0515. The minimum Gasteiger partial charge on any atom is -0.371 e. The van der Waals surface area contributed by atoms with Gasteiger partial charge in [0.2, 0.25) is 0 Å². The quantitative estimate of drug-likeness (QED) is 0.453. The summed E-state index contributed by atoms with van der Waals surface area (Å²) in [5.41, 5.74) is 5.11. The smallest absolute Gasteiger partial charge is 0.255 e. The molecule has 6 nitrogen and oxygen atoms in total. The lowest BCUT2D eigenvalue weighted by Gasteiger charge is -2.47. The fourth-order valence-electron chi connectivity index (χ4n) is 6.33. The average molecular weight is 529 g/mol. The molecule has 2 fully saturated rings. The zero-order valence-corrected chi connectivity index (χ0v) is 22.4. The predicted octanol–water partition coefficient (Wildman–Crippen LogP) is 5.46. The number of rotatable bonds is 3. The molecule has 0 aliphatic carbocycles. The number of aromatic nitrogens is 1. The SMILES string of the molecule is O=C(c1ccc2c(c1)CN(C(=O)c1ccccc1Cl)CC2)N1CCC2(CC1)CCN(c1ccncc1)CC2. The summed E-state index contributed by atoms with van der Waals surface area (Å²) in [5.74, 6) is 0.0423. The number of piperidine rings is 2. The Labute approximate surface area is 229 Å². The molecule has 2 saturated heterocycles. The van der Waals surface area contributed by atoms with Crippen LogP contribution in [0.4, 0.5) is 5.69 Å². The van der Waals surface area contributed by atoms with Gasteiger partial charge in [0, 0.05) is 62.9 Å². The Balaban J connectivity index is 1.08. The van der Waals surface area contributed by atoms with Crippen LogP contribution in [0.1, 0.15) is 57.5 Å². The van der Waals surface area contributed by atoms with Crippen molar-refractivity contribution < 1.29 is 9.59 Å². The van der Waals surface area contributed by atoms with Crippen molar-refractivity contribution in [2.24, 2.45) is 5.41 Å². The molecular formula is C31H33ClN4O2. The maximum absolute atomic E-state index is 13.5. The molecule has 3 aliphatic heterocycles. The third-order valence-corrected chi connectivity index (χ3v) is 9.15. The molecule has 6 rings (SSSR count). The molecule has 2 amide bonds. The molecule has 0 radical (unpaired) electrons. The number of nitrogens with zero attached hydrogens (tertiary/aromatic N) is 4. The number of anilines is 1. The molecular weight excluding hydrogens is 496 g/mol. The fraction of sp³-hybridized carbons (Fsp3) is 0.387. The number of benzene rings is 2. The molecule has 4 heterocycles. The van der Waals surface area contributed by atoms with Gasteiger partial charge in [-0.05, 0) is 85.0 Å². The Hall–Kier alpha value is -3.38. The topological polar surface area (TPSA) is 56.8 Å². The van der Waals surface area contributed by atoms with Gasteiger partial charge >= 0.3 is 0 Å². The molecule has 0 unspecified atom stereocenters. The summed E-state index contributed by atoms with van der Waals surface area (Å²) in [7, 11) is 0. The van der Waals surface area contributed by atoms with E-state index in [0.717, 1.165) is 56.6 Å². The first kappa shape index (κ1) is 24.9. The van der Waals surface area contributed by atoms with Crippen molar-refractivity contribution in [2.45, 2.75) is 38.6 Å². The Morgan fingerprint density at radius 1 is 0.763 bits per heavy atom. The molecule has 0 bridgehead atoms. The molecule has 0 atom stereocenters. The van der Waals surface area contributed by atoms with Gasteiger partial charge < -0.3 is 14.7 Å². The van der Waals surface area contributed by atoms with Crippen LogP contribution in [-0.4, -0.2) is 59.3 Å². The van der Waals surface area contributed by atoms with E-state index in [4.69, 9.17) is 11.6 Å². The van der Waals surface area contributed by atoms with E-state index in [9.17, 15) is 9.59 Å². The molecule has 3 aromatic rings. The van der Waals surface area contributed by atoms with Crippen molar-refractivity contribution >= 4 is 29.1 Å². The van der Waals surface area contributed by atoms with Crippen LogP contribution in [0.25, 0.3) is 0 Å². The van der Waals surface area contributed by atoms with E-state index in [1.54, 1.807) is 12.1 Å². The predicted molar refractivity (Wildman–Crippen MR) is 150 cm³/mol. The number of fused-ring (bicyclic) bond motifs is 1. The maximum atomic E-state index is 13.5. The van der Waals surface area contributed by atoms with Crippen molar-refractivity contribution in [3.8, 4) is 0 Å². The molecule has 38 heavy (non-hydrogen) atoms. The van der Waals surface area contributed by atoms with E-state index in [1.807, 2.05) is 46.5 Å². The highest BCUT2D eigenvalue weighted by Gasteiger charge is 2.39. The summed E-state index contributed by atoms with van der Waals surface area (Å²) < 4.78 is 0. The van der Waals surface area contributed by atoms with Crippen LogP contribution in [0.2, 0.25) is 5.02 Å². The van der Waals surface area contributed by atoms with Gasteiger partial charge in [-0.3, -0.25) is 14.6 Å². The largest absolute Gasteiger partial charge is 0.371 e. The van der Waals surface area contributed by atoms with E-state index in [-0.39, 0.29) is 11.8 Å². The standard InChI is InChI=1S/C31H33ClN4O2/c32-28-4-2-1-3-27(28)30(38)36-16-9-23-5-6-24(21-25(23)22-36)29(37)35-19-12-31(13-20-35)10-17-34(18-11-31)26-7-14-33-15-8-26/h1-8,14-15,21H,9-13,16-20,22H2. The summed E-state index contributed by atoms with van der Waals surface area (Å²) >= 11 is 6.28. The molecule has 0 saturated carbocycles. The minimum absolute atomic E-state index is 0.0608. The zero-order chi connectivity index (χ0) is 26.1. The first-order valence-electron chi connectivity index (χ1n) is 13.6. The molecule has 2 aromatic carbocycles. The van der Waals surface area contributed by atoms with Gasteiger partial charge in [0.1, 0.15) is 0 Å². The average Bonchev–Trinajstić information content (AvgIpc) is 2.97. The van der Waals surface area contributed by atoms with Gasteiger partial charge in [-0.2, -0.15) is 0 Å². The number of carbonyl (C=O) groups is 2. The summed E-state index contributed by atoms with van der Waals surface area (Å²) in [6, 6.07) is 17.4. The van der Waals surface area contributed by atoms with E-state index in [1.165, 1.54) is 24.1 Å². The van der Waals surface area contributed by atoms with Crippen LogP contribution in [0.5, 0.6) is 0 Å². The number of pyridine rings is 1. The lowest BCUT2D eigenvalue weighted by atomic mass is 9.71. The highest BCUT2D eigenvalue weighted by atomic mass is 35.5. The van der Waals surface area contributed by atoms with E-state index < -0.39 is 0 Å². The van der Waals surface area contributed by atoms with Crippen LogP contribution < -0.4 is 4.90 Å². The van der Waals surface area contributed by atoms with Gasteiger partial charge in [0.25, 0.3) is 11.8 Å². The monoisotopic (exact) mass is 528 g/mol. The van der Waals surface area contributed by atoms with Crippen molar-refractivity contribution in [1.29, 1.82) is 0 Å². The minimum atomic E-state index is -0.0608. The second kappa shape index (κ2) is 10.4. The van der Waals surface area contributed by atoms with E-state index >= 15 is 0 Å². The van der Waals surface area contributed by atoms with Crippen LogP contribution in [0, 0.1) is 5.41 Å². The number of carbonyl (C=O) groups excluding carboxylic acids is 2. The van der Waals surface area contributed by atoms with Crippen LogP contribution in [0.3, 0.4) is 0 Å². The van der Waals surface area contributed by atoms with Crippen molar-refractivity contribution in [3.63, 3.8) is 0 Å². The maximum Gasteiger partial charge on any atom is 0.255 e. The first-order valence-corrected chi connectivity index (χ1v) is 14.0. The van der Waals surface area contributed by atoms with Gasteiger partial charge in [-0.15, -0.1) is 0 Å². The fourth-order valence-corrected chi connectivity index (χ4v) is 6.55. The first-order chi connectivity index (χ1) is 18.5. The lowest BCUT2D eigenvalue weighted by Crippen LogP contribution is -2.48. The number of amides is 2. The van der Waals surface area contributed by atoms with Crippen molar-refractivity contribution in [3.05, 3.63) is 94.3 Å². The van der Waals surface area contributed by atoms with Gasteiger partial charge in [0.15, 0.2) is 0 Å². The highest BCUT2D eigenvalue weighted by molar-refractivity contribution is 6.33. The van der Waals surface area contributed by atoms with Crippen LogP contribution in [-0.2, 0) is 13.0 Å². The van der Waals surface area contributed by atoms with E-state index in [0.29, 0.717) is 29.1 Å². The Kier molecular flexibility index (Phi) is 6.83. The van der Waals surface area contributed by atoms with Gasteiger partial charge in [-0.1, -0.05) is 29.8 Å². The van der Waals surface area contributed by atoms with Gasteiger partial charge in [0.05, 0.1) is 10.6 Å². The highest BCUT2D eigenvalue weighted by Crippen LogP contribution is 2.42. The molecule has 1 spiro atoms. The normalized spacial score (nSPS) is 18.8. The molecule has 0 N–H and O–H groups in total. The Morgan fingerprint density at radius 2 is 1.47 bits per heavy atom. The molecule has 7 heteroatoms. The third-order valence-electron chi connectivity index (χ3n) is 8.82. The molecule has 1 aromatic heterocycles. The zero-order valence-electron chi connectivity index (χ0n) is 21.6. The van der Waals surface area contributed by atoms with Crippen molar-refractivity contribution in [2.75, 3.05) is 37.6 Å². The number of halogens is 1. The van der Waals surface area contributed by atoms with Gasteiger partial charge in [-0.25, -0.2) is 0 Å². The number of hydrogen-bond acceptors (Lipinski definition) is 4. The Morgan fingerprint density at radius 3 is 2.21 bits per heavy atom. The third kappa shape index (κ3) is 4.90. The summed E-state index contributed by atoms with van der Waals surface area (Å²) in [6.45, 7) is 4.89. The number of hydrogen-bond donors (Lipinski definition) is 0. The summed E-state index contributed by atoms with van der Waals surface area (Å²) in [4.78, 5) is 37.0. The summed E-state index contributed by atoms with van der Waals surface area (Å²) in [6.07, 6.45) is 8.97. The number of likely N-dealkylation sites (tertiary alicyclic amines) is 1. The van der Waals surface area contributed by atoms with Crippen LogP contribution in [0.15, 0.2) is 67.0 Å². The molecule has 196 valence electrons. The van der Waals surface area contributed by atoms with E-state index in [2.05, 4.69) is 28.1 Å². The van der Waals surface area contributed by atoms with Crippen molar-refractivity contribution in [1.82, 2.24) is 14.8 Å². The Bertz CT molecular complexity index is 1330.